The fourth-order valence-electron chi connectivity index (χ4n) is 4.56. The molecule has 166 valence electrons. The molecule has 0 aliphatic heterocycles. The van der Waals surface area contributed by atoms with Gasteiger partial charge in [0.05, 0.1) is 40.8 Å². The van der Waals surface area contributed by atoms with Crippen molar-refractivity contribution in [3.05, 3.63) is 65.0 Å². The van der Waals surface area contributed by atoms with Crippen molar-refractivity contribution in [2.24, 2.45) is 14.1 Å². The van der Waals surface area contributed by atoms with Crippen molar-refractivity contribution < 1.29 is 4.39 Å². The molecule has 9 heteroatoms. The number of halogens is 1. The van der Waals surface area contributed by atoms with E-state index in [1.807, 2.05) is 37.8 Å². The Hall–Kier alpha value is -3.46. The van der Waals surface area contributed by atoms with Crippen molar-refractivity contribution in [3.63, 3.8) is 0 Å². The number of fused-ring (bicyclic) bond motifs is 3. The summed E-state index contributed by atoms with van der Waals surface area (Å²) in [5, 5.41) is 5.11. The van der Waals surface area contributed by atoms with Gasteiger partial charge in [0.25, 0.3) is 0 Å². The van der Waals surface area contributed by atoms with Gasteiger partial charge >= 0.3 is 5.69 Å². The zero-order chi connectivity index (χ0) is 22.9. The summed E-state index contributed by atoms with van der Waals surface area (Å²) in [7, 11) is 3.58. The molecular weight excluding hydrogens is 439 g/mol. The van der Waals surface area contributed by atoms with Gasteiger partial charge in [0.15, 0.2) is 5.82 Å². The van der Waals surface area contributed by atoms with E-state index >= 15 is 4.39 Å². The van der Waals surface area contributed by atoms with E-state index in [1.54, 1.807) is 35.9 Å². The number of hydrogen-bond donors (Lipinski definition) is 0. The molecule has 0 radical (unpaired) electrons. The third-order valence-electron chi connectivity index (χ3n) is 6.36. The molecule has 0 spiro atoms. The van der Waals surface area contributed by atoms with Gasteiger partial charge in [-0.25, -0.2) is 9.18 Å². The lowest BCUT2D eigenvalue weighted by molar-refractivity contribution is 0.606. The molecule has 0 N–H and O–H groups in total. The molecule has 0 saturated heterocycles. The van der Waals surface area contributed by atoms with Crippen LogP contribution in [-0.4, -0.2) is 35.1 Å². The molecule has 1 aliphatic rings. The third-order valence-corrected chi connectivity index (χ3v) is 7.14. The van der Waals surface area contributed by atoms with E-state index in [2.05, 4.69) is 15.1 Å². The summed E-state index contributed by atoms with van der Waals surface area (Å²) in [6.07, 6.45) is 12.3. The predicted molar refractivity (Wildman–Crippen MR) is 128 cm³/mol. The summed E-state index contributed by atoms with van der Waals surface area (Å²) in [6.45, 7) is 0. The molecule has 5 aromatic rings. The molecule has 0 bridgehead atoms. The Kier molecular flexibility index (Phi) is 4.45. The van der Waals surface area contributed by atoms with Crippen molar-refractivity contribution in [1.29, 1.82) is 0 Å². The van der Waals surface area contributed by atoms with Crippen LogP contribution >= 0.6 is 11.8 Å². The predicted octanol–water partition coefficient (Wildman–Crippen LogP) is 4.41. The fourth-order valence-corrected chi connectivity index (χ4v) is 5.19. The number of imidazole rings is 1. The SMILES string of the molecule is CSc1cc2ncc3c(c2cc1-c1cnn(C)c1)n(-c1c(F)cncc1C1CC1)c(=O)n3C. The first kappa shape index (κ1) is 20.2. The number of pyridine rings is 2. The van der Waals surface area contributed by atoms with Gasteiger partial charge in [-0.1, -0.05) is 0 Å². The molecule has 33 heavy (non-hydrogen) atoms. The maximum atomic E-state index is 15.2. The molecule has 0 amide bonds. The molecule has 1 aliphatic carbocycles. The minimum absolute atomic E-state index is 0.229. The highest BCUT2D eigenvalue weighted by atomic mass is 32.2. The summed E-state index contributed by atoms with van der Waals surface area (Å²) in [5.74, 6) is -0.264. The van der Waals surface area contributed by atoms with E-state index < -0.39 is 5.82 Å². The van der Waals surface area contributed by atoms with E-state index in [9.17, 15) is 4.79 Å². The Labute approximate surface area is 192 Å². The van der Waals surface area contributed by atoms with Gasteiger partial charge in [0, 0.05) is 47.9 Å². The van der Waals surface area contributed by atoms with E-state index in [4.69, 9.17) is 0 Å². The molecule has 1 saturated carbocycles. The van der Waals surface area contributed by atoms with Gasteiger partial charge < -0.3 is 0 Å². The Morgan fingerprint density at radius 2 is 1.94 bits per heavy atom. The molecule has 4 aromatic heterocycles. The Morgan fingerprint density at radius 3 is 2.64 bits per heavy atom. The Morgan fingerprint density at radius 1 is 1.12 bits per heavy atom. The van der Waals surface area contributed by atoms with Crippen LogP contribution < -0.4 is 5.69 Å². The first-order valence-corrected chi connectivity index (χ1v) is 11.9. The molecule has 0 atom stereocenters. The zero-order valence-corrected chi connectivity index (χ0v) is 19.2. The Balaban J connectivity index is 1.76. The van der Waals surface area contributed by atoms with Crippen molar-refractivity contribution in [2.75, 3.05) is 6.26 Å². The van der Waals surface area contributed by atoms with Crippen LogP contribution in [0.1, 0.15) is 24.3 Å². The van der Waals surface area contributed by atoms with Gasteiger partial charge in [0.1, 0.15) is 0 Å². The second-order valence-corrected chi connectivity index (χ2v) is 9.32. The smallest absolute Gasteiger partial charge is 0.293 e. The van der Waals surface area contributed by atoms with E-state index in [0.717, 1.165) is 45.3 Å². The number of thioether (sulfide) groups is 1. The summed E-state index contributed by atoms with van der Waals surface area (Å²) in [5.41, 5.74) is 4.80. The van der Waals surface area contributed by atoms with Crippen LogP contribution in [0.25, 0.3) is 38.8 Å². The van der Waals surface area contributed by atoms with Gasteiger partial charge in [-0.05, 0) is 42.7 Å². The van der Waals surface area contributed by atoms with Crippen molar-refractivity contribution >= 4 is 33.7 Å². The maximum Gasteiger partial charge on any atom is 0.333 e. The minimum Gasteiger partial charge on any atom is -0.293 e. The van der Waals surface area contributed by atoms with Gasteiger partial charge in [0.2, 0.25) is 0 Å². The van der Waals surface area contributed by atoms with Crippen molar-refractivity contribution in [2.45, 2.75) is 23.7 Å². The van der Waals surface area contributed by atoms with Crippen LogP contribution in [0.15, 0.2) is 52.8 Å². The number of hydrogen-bond acceptors (Lipinski definition) is 5. The van der Waals surface area contributed by atoms with Gasteiger partial charge in [-0.15, -0.1) is 11.8 Å². The van der Waals surface area contributed by atoms with Crippen LogP contribution in [0.5, 0.6) is 0 Å². The second-order valence-electron chi connectivity index (χ2n) is 8.47. The number of rotatable bonds is 4. The number of aryl methyl sites for hydroxylation is 2. The quantitative estimate of drug-likeness (QED) is 0.372. The third kappa shape index (κ3) is 3.02. The lowest BCUT2D eigenvalue weighted by Gasteiger charge is -2.13. The molecule has 0 unspecified atom stereocenters. The summed E-state index contributed by atoms with van der Waals surface area (Å²) in [6, 6.07) is 4.06. The fraction of sp³-hybridized carbons (Fsp3) is 0.250. The van der Waals surface area contributed by atoms with Crippen molar-refractivity contribution in [3.8, 4) is 16.8 Å². The number of aromatic nitrogens is 6. The number of benzene rings is 1. The molecule has 7 nitrogen and oxygen atoms in total. The highest BCUT2D eigenvalue weighted by molar-refractivity contribution is 7.98. The lowest BCUT2D eigenvalue weighted by atomic mass is 10.0. The van der Waals surface area contributed by atoms with Crippen LogP contribution in [0.4, 0.5) is 4.39 Å². The highest BCUT2D eigenvalue weighted by Crippen LogP contribution is 2.44. The van der Waals surface area contributed by atoms with Crippen LogP contribution in [0, 0.1) is 5.82 Å². The van der Waals surface area contributed by atoms with Gasteiger partial charge in [-0.2, -0.15) is 5.10 Å². The topological polar surface area (TPSA) is 70.5 Å². The first-order chi connectivity index (χ1) is 16.0. The van der Waals surface area contributed by atoms with Gasteiger partial charge in [-0.3, -0.25) is 23.8 Å². The minimum atomic E-state index is -0.493. The Bertz CT molecular complexity index is 1630. The van der Waals surface area contributed by atoms with E-state index in [0.29, 0.717) is 16.7 Å². The van der Waals surface area contributed by atoms with Crippen LogP contribution in [0.3, 0.4) is 0 Å². The van der Waals surface area contributed by atoms with Crippen LogP contribution in [-0.2, 0) is 14.1 Å². The average Bonchev–Trinajstić information content (AvgIpc) is 3.53. The zero-order valence-electron chi connectivity index (χ0n) is 18.4. The molecular formula is C24H21FN6OS. The second kappa shape index (κ2) is 7.28. The number of nitrogens with zero attached hydrogens (tertiary/aromatic N) is 6. The molecule has 4 heterocycles. The summed E-state index contributed by atoms with van der Waals surface area (Å²) < 4.78 is 20.0. The molecule has 1 aromatic carbocycles. The largest absolute Gasteiger partial charge is 0.333 e. The maximum absolute atomic E-state index is 15.2. The summed E-state index contributed by atoms with van der Waals surface area (Å²) >= 11 is 1.63. The first-order valence-electron chi connectivity index (χ1n) is 10.7. The normalized spacial score (nSPS) is 13.9. The lowest BCUT2D eigenvalue weighted by Crippen LogP contribution is -2.22. The van der Waals surface area contributed by atoms with E-state index in [1.165, 1.54) is 15.3 Å². The molecule has 6 rings (SSSR count). The highest BCUT2D eigenvalue weighted by Gasteiger charge is 2.31. The summed E-state index contributed by atoms with van der Waals surface area (Å²) in [4.78, 5) is 23.2. The average molecular weight is 461 g/mol. The van der Waals surface area contributed by atoms with E-state index in [-0.39, 0.29) is 11.6 Å². The van der Waals surface area contributed by atoms with Crippen molar-refractivity contribution in [1.82, 2.24) is 28.9 Å². The standard InChI is InChI=1S/C24H21FN6OS/c1-29-12-14(8-28-29)15-6-16-19(7-21(15)33-3)27-11-20-23(16)31(24(32)30(20)2)22-17(13-4-5-13)9-26-10-18(22)25/h6-13H,4-5H2,1-3H3. The monoisotopic (exact) mass is 460 g/mol. The molecule has 1 fully saturated rings. The van der Waals surface area contributed by atoms with Crippen LogP contribution in [0.2, 0.25) is 0 Å².